The quantitative estimate of drug-likeness (QED) is 0.611. The summed E-state index contributed by atoms with van der Waals surface area (Å²) in [6.45, 7) is 0.574. The lowest BCUT2D eigenvalue weighted by Crippen LogP contribution is -2.56. The summed E-state index contributed by atoms with van der Waals surface area (Å²) >= 11 is 11.8. The number of nitro benzene ring substituents is 1. The molecule has 124 valence electrons. The number of nitrogens with zero attached hydrogens (tertiary/aromatic N) is 3. The molecular formula is C15H11Cl2N3O4. The lowest BCUT2D eigenvalue weighted by molar-refractivity contribution is -0.385. The summed E-state index contributed by atoms with van der Waals surface area (Å²) < 4.78 is 5.60. The molecule has 0 unspecified atom stereocenters. The molecule has 1 saturated heterocycles. The van der Waals surface area contributed by atoms with E-state index >= 15 is 0 Å². The number of pyridine rings is 1. The van der Waals surface area contributed by atoms with Gasteiger partial charge in [0, 0.05) is 17.3 Å². The number of rotatable bonds is 4. The van der Waals surface area contributed by atoms with E-state index < -0.39 is 10.8 Å². The summed E-state index contributed by atoms with van der Waals surface area (Å²) in [5, 5.41) is 11.7. The highest BCUT2D eigenvalue weighted by Gasteiger charge is 2.36. The summed E-state index contributed by atoms with van der Waals surface area (Å²) in [5.41, 5.74) is -0.316. The van der Waals surface area contributed by atoms with Crippen molar-refractivity contribution in [3.8, 4) is 5.88 Å². The number of carbonyl (C=O) groups excluding carboxylic acids is 1. The van der Waals surface area contributed by atoms with Crippen LogP contribution < -0.4 is 4.74 Å². The number of benzene rings is 1. The third-order valence-corrected chi connectivity index (χ3v) is 4.05. The van der Waals surface area contributed by atoms with Crippen molar-refractivity contribution in [1.82, 2.24) is 9.88 Å². The van der Waals surface area contributed by atoms with Crippen molar-refractivity contribution in [2.75, 3.05) is 13.1 Å². The maximum atomic E-state index is 12.4. The zero-order chi connectivity index (χ0) is 17.3. The van der Waals surface area contributed by atoms with Gasteiger partial charge >= 0.3 is 0 Å². The smallest absolute Gasteiger partial charge is 0.282 e. The summed E-state index contributed by atoms with van der Waals surface area (Å²) in [6.07, 6.45) is 1.29. The van der Waals surface area contributed by atoms with Crippen LogP contribution in [0.25, 0.3) is 0 Å². The minimum absolute atomic E-state index is 0.0400. The van der Waals surface area contributed by atoms with Crippen molar-refractivity contribution < 1.29 is 14.5 Å². The lowest BCUT2D eigenvalue weighted by Gasteiger charge is -2.38. The summed E-state index contributed by atoms with van der Waals surface area (Å²) in [7, 11) is 0. The van der Waals surface area contributed by atoms with Gasteiger partial charge in [0.15, 0.2) is 0 Å². The van der Waals surface area contributed by atoms with Crippen LogP contribution in [0, 0.1) is 10.1 Å². The molecule has 0 saturated carbocycles. The normalized spacial score (nSPS) is 14.2. The van der Waals surface area contributed by atoms with Crippen LogP contribution in [-0.4, -0.2) is 39.9 Å². The fourth-order valence-electron chi connectivity index (χ4n) is 2.30. The molecule has 7 nitrogen and oxygen atoms in total. The molecule has 0 radical (unpaired) electrons. The molecule has 2 aromatic rings. The van der Waals surface area contributed by atoms with E-state index in [-0.39, 0.29) is 35.5 Å². The van der Waals surface area contributed by atoms with Gasteiger partial charge in [0.2, 0.25) is 5.88 Å². The van der Waals surface area contributed by atoms with Gasteiger partial charge in [0.05, 0.1) is 18.0 Å². The van der Waals surface area contributed by atoms with E-state index in [4.69, 9.17) is 27.9 Å². The van der Waals surface area contributed by atoms with Crippen LogP contribution in [0.3, 0.4) is 0 Å². The standard InChI is InChI=1S/C15H11Cl2N3O4/c16-9-3-4-13(20(22)23)11(6-9)15(21)19-7-10(8-19)24-14-12(17)2-1-5-18-14/h1-6,10H,7-8H2. The van der Waals surface area contributed by atoms with Gasteiger partial charge in [-0.3, -0.25) is 14.9 Å². The minimum Gasteiger partial charge on any atom is -0.470 e. The van der Waals surface area contributed by atoms with Gasteiger partial charge in [-0.25, -0.2) is 4.98 Å². The fraction of sp³-hybridized carbons (Fsp3) is 0.200. The maximum Gasteiger partial charge on any atom is 0.282 e. The molecule has 1 aromatic heterocycles. The van der Waals surface area contributed by atoms with E-state index in [0.717, 1.165) is 0 Å². The van der Waals surface area contributed by atoms with Crippen LogP contribution in [0.15, 0.2) is 36.5 Å². The first-order valence-corrected chi connectivity index (χ1v) is 7.71. The Hall–Kier alpha value is -2.38. The van der Waals surface area contributed by atoms with Crippen molar-refractivity contribution in [2.45, 2.75) is 6.10 Å². The molecule has 0 spiro atoms. The first-order chi connectivity index (χ1) is 11.5. The third-order valence-electron chi connectivity index (χ3n) is 3.52. The van der Waals surface area contributed by atoms with E-state index in [2.05, 4.69) is 4.98 Å². The molecule has 0 aliphatic carbocycles. The molecule has 24 heavy (non-hydrogen) atoms. The van der Waals surface area contributed by atoms with Crippen molar-refractivity contribution in [1.29, 1.82) is 0 Å². The molecule has 1 amide bonds. The third kappa shape index (κ3) is 3.27. The fourth-order valence-corrected chi connectivity index (χ4v) is 2.64. The molecule has 0 atom stereocenters. The predicted molar refractivity (Wildman–Crippen MR) is 87.7 cm³/mol. The number of likely N-dealkylation sites (tertiary alicyclic amines) is 1. The number of halogens is 2. The summed E-state index contributed by atoms with van der Waals surface area (Å²) in [5.74, 6) is -0.166. The van der Waals surface area contributed by atoms with Crippen LogP contribution in [-0.2, 0) is 0 Å². The van der Waals surface area contributed by atoms with Crippen LogP contribution in [0.4, 0.5) is 5.69 Å². The number of hydrogen-bond acceptors (Lipinski definition) is 5. The van der Waals surface area contributed by atoms with E-state index in [0.29, 0.717) is 10.9 Å². The largest absolute Gasteiger partial charge is 0.470 e. The first-order valence-electron chi connectivity index (χ1n) is 6.96. The average molecular weight is 368 g/mol. The number of ether oxygens (including phenoxy) is 1. The molecule has 1 aromatic carbocycles. The van der Waals surface area contributed by atoms with Crippen LogP contribution in [0.1, 0.15) is 10.4 Å². The Bertz CT molecular complexity index is 809. The molecule has 0 bridgehead atoms. The van der Waals surface area contributed by atoms with Gasteiger partial charge in [-0.05, 0) is 24.3 Å². The molecule has 2 heterocycles. The van der Waals surface area contributed by atoms with Crippen LogP contribution >= 0.6 is 23.2 Å². The van der Waals surface area contributed by atoms with Crippen molar-refractivity contribution in [2.24, 2.45) is 0 Å². The maximum absolute atomic E-state index is 12.4. The Morgan fingerprint density at radius 3 is 2.75 bits per heavy atom. The molecular weight excluding hydrogens is 357 g/mol. The van der Waals surface area contributed by atoms with E-state index in [9.17, 15) is 14.9 Å². The molecule has 1 fully saturated rings. The highest BCUT2D eigenvalue weighted by Crippen LogP contribution is 2.28. The summed E-state index contributed by atoms with van der Waals surface area (Å²) in [6, 6.07) is 7.23. The highest BCUT2D eigenvalue weighted by atomic mass is 35.5. The van der Waals surface area contributed by atoms with E-state index in [1.807, 2.05) is 0 Å². The SMILES string of the molecule is O=C(c1cc(Cl)ccc1[N+](=O)[O-])N1CC(Oc2ncccc2Cl)C1. The Labute approximate surface area is 146 Å². The monoisotopic (exact) mass is 367 g/mol. The van der Waals surface area contributed by atoms with Crippen molar-refractivity contribution >= 4 is 34.8 Å². The predicted octanol–water partition coefficient (Wildman–Crippen LogP) is 3.20. The van der Waals surface area contributed by atoms with Gasteiger partial charge in [0.1, 0.15) is 16.7 Å². The van der Waals surface area contributed by atoms with E-state index in [1.165, 1.54) is 23.1 Å². The number of hydrogen-bond donors (Lipinski definition) is 0. The highest BCUT2D eigenvalue weighted by molar-refractivity contribution is 6.31. The van der Waals surface area contributed by atoms with Gasteiger partial charge in [-0.2, -0.15) is 0 Å². The average Bonchev–Trinajstić information content (AvgIpc) is 2.51. The Kier molecular flexibility index (Phi) is 4.55. The second-order valence-electron chi connectivity index (χ2n) is 5.16. The van der Waals surface area contributed by atoms with Crippen LogP contribution in [0.2, 0.25) is 10.0 Å². The zero-order valence-corrected chi connectivity index (χ0v) is 13.7. The molecule has 0 N–H and O–H groups in total. The Balaban J connectivity index is 1.68. The molecule has 1 aliphatic rings. The molecule has 9 heteroatoms. The van der Waals surface area contributed by atoms with Crippen LogP contribution in [0.5, 0.6) is 5.88 Å². The summed E-state index contributed by atoms with van der Waals surface area (Å²) in [4.78, 5) is 28.3. The Morgan fingerprint density at radius 2 is 2.08 bits per heavy atom. The second-order valence-corrected chi connectivity index (χ2v) is 6.00. The van der Waals surface area contributed by atoms with Crippen molar-refractivity contribution in [3.63, 3.8) is 0 Å². The van der Waals surface area contributed by atoms with Gasteiger partial charge in [-0.15, -0.1) is 0 Å². The number of aromatic nitrogens is 1. The first kappa shape index (κ1) is 16.5. The number of nitro groups is 1. The van der Waals surface area contributed by atoms with E-state index in [1.54, 1.807) is 18.3 Å². The zero-order valence-electron chi connectivity index (χ0n) is 12.2. The number of carbonyl (C=O) groups is 1. The lowest BCUT2D eigenvalue weighted by atomic mass is 10.1. The second kappa shape index (κ2) is 6.62. The minimum atomic E-state index is -0.606. The van der Waals surface area contributed by atoms with Gasteiger partial charge in [0.25, 0.3) is 11.6 Å². The van der Waals surface area contributed by atoms with Gasteiger partial charge < -0.3 is 9.64 Å². The number of amides is 1. The Morgan fingerprint density at radius 1 is 1.33 bits per heavy atom. The topological polar surface area (TPSA) is 85.6 Å². The van der Waals surface area contributed by atoms with Gasteiger partial charge in [-0.1, -0.05) is 23.2 Å². The molecule has 1 aliphatic heterocycles. The van der Waals surface area contributed by atoms with Crippen molar-refractivity contribution in [3.05, 3.63) is 62.3 Å². The molecule has 3 rings (SSSR count).